The van der Waals surface area contributed by atoms with Gasteiger partial charge in [0.2, 0.25) is 0 Å². The molecule has 4 aromatic rings. The molecule has 6 rings (SSSR count). The molecule has 2 fully saturated rings. The topological polar surface area (TPSA) is 91.0 Å². The number of aromatic nitrogens is 1. The van der Waals surface area contributed by atoms with Gasteiger partial charge in [0.15, 0.2) is 5.76 Å². The summed E-state index contributed by atoms with van der Waals surface area (Å²) in [7, 11) is 0. The van der Waals surface area contributed by atoms with E-state index in [1.807, 2.05) is 42.5 Å². The molecule has 0 radical (unpaired) electrons. The molecule has 2 aliphatic heterocycles. The van der Waals surface area contributed by atoms with E-state index < -0.39 is 5.97 Å². The highest BCUT2D eigenvalue weighted by Crippen LogP contribution is 2.44. The van der Waals surface area contributed by atoms with Gasteiger partial charge < -0.3 is 19.7 Å². The molecule has 7 nitrogen and oxygen atoms in total. The number of pyridine rings is 1. The molecule has 2 N–H and O–H groups in total. The predicted molar refractivity (Wildman–Crippen MR) is 158 cm³/mol. The smallest absolute Gasteiger partial charge is 0.348 e. The van der Waals surface area contributed by atoms with Crippen molar-refractivity contribution in [2.24, 2.45) is 4.99 Å². The molecule has 38 heavy (non-hydrogen) atoms. The summed E-state index contributed by atoms with van der Waals surface area (Å²) in [6.45, 7) is 4.38. The number of piperidine rings is 2. The van der Waals surface area contributed by atoms with Crippen LogP contribution in [0.5, 0.6) is 0 Å². The quantitative estimate of drug-likeness (QED) is 0.183. The van der Waals surface area contributed by atoms with Gasteiger partial charge in [-0.25, -0.2) is 14.8 Å². The van der Waals surface area contributed by atoms with E-state index in [0.29, 0.717) is 22.0 Å². The zero-order valence-electron chi connectivity index (χ0n) is 21.2. The molecule has 5 heterocycles. The first-order chi connectivity index (χ1) is 18.6. The number of hydrogen-bond donors (Lipinski definition) is 2. The molecule has 1 aromatic carbocycles. The monoisotopic (exact) mass is 594 g/mol. The lowest BCUT2D eigenvalue weighted by molar-refractivity contribution is 0.0703. The van der Waals surface area contributed by atoms with Crippen LogP contribution in [0.15, 0.2) is 62.6 Å². The molecule has 0 aliphatic carbocycles. The van der Waals surface area contributed by atoms with Crippen LogP contribution < -0.4 is 5.32 Å². The lowest BCUT2D eigenvalue weighted by Crippen LogP contribution is -2.28. The van der Waals surface area contributed by atoms with Gasteiger partial charge in [0.1, 0.15) is 21.1 Å². The first-order valence-corrected chi connectivity index (χ1v) is 14.7. The number of likely N-dealkylation sites (tertiary alicyclic amines) is 1. The molecule has 3 aromatic heterocycles. The summed E-state index contributed by atoms with van der Waals surface area (Å²) in [6, 6.07) is 13.5. The van der Waals surface area contributed by atoms with Crippen LogP contribution in [0.2, 0.25) is 0 Å². The Bertz CT molecular complexity index is 1380. The van der Waals surface area contributed by atoms with Gasteiger partial charge in [0.05, 0.1) is 12.6 Å². The third-order valence-electron chi connectivity index (χ3n) is 6.71. The second-order valence-electron chi connectivity index (χ2n) is 9.46. The van der Waals surface area contributed by atoms with E-state index in [1.54, 1.807) is 12.6 Å². The van der Waals surface area contributed by atoms with E-state index >= 15 is 0 Å². The van der Waals surface area contributed by atoms with Crippen molar-refractivity contribution in [3.63, 3.8) is 0 Å². The number of nitrogens with one attached hydrogen (secondary N) is 1. The van der Waals surface area contributed by atoms with Gasteiger partial charge in [-0.2, -0.15) is 0 Å². The fourth-order valence-electron chi connectivity index (χ4n) is 4.73. The highest BCUT2D eigenvalue weighted by Gasteiger charge is 2.23. The highest BCUT2D eigenvalue weighted by molar-refractivity contribution is 9.10. The molecule has 198 valence electrons. The van der Waals surface area contributed by atoms with Crippen molar-refractivity contribution < 1.29 is 14.3 Å². The Labute approximate surface area is 234 Å². The molecule has 2 aliphatic rings. The third kappa shape index (κ3) is 6.34. The molecule has 0 atom stereocenters. The lowest BCUT2D eigenvalue weighted by atomic mass is 10.0. The largest absolute Gasteiger partial charge is 0.477 e. The summed E-state index contributed by atoms with van der Waals surface area (Å²) in [5.74, 6) is -0.367. The molecule has 0 unspecified atom stereocenters. The Balaban J connectivity index is 0.000000433. The fourth-order valence-corrected chi connectivity index (χ4v) is 5.98. The zero-order chi connectivity index (χ0) is 26.3. The number of carboxylic acids is 1. The van der Waals surface area contributed by atoms with Crippen molar-refractivity contribution in [1.82, 2.24) is 15.2 Å². The van der Waals surface area contributed by atoms with Crippen LogP contribution in [0.4, 0.5) is 5.69 Å². The Morgan fingerprint density at radius 1 is 1.08 bits per heavy atom. The van der Waals surface area contributed by atoms with E-state index in [2.05, 4.69) is 26.1 Å². The van der Waals surface area contributed by atoms with Crippen molar-refractivity contribution in [3.05, 3.63) is 58.1 Å². The van der Waals surface area contributed by atoms with Crippen LogP contribution in [0.3, 0.4) is 0 Å². The molecule has 9 heteroatoms. The van der Waals surface area contributed by atoms with Crippen LogP contribution in [0.1, 0.15) is 48.2 Å². The van der Waals surface area contributed by atoms with Crippen LogP contribution in [-0.2, 0) is 0 Å². The number of benzene rings is 1. The Kier molecular flexibility index (Phi) is 8.88. The van der Waals surface area contributed by atoms with Crippen LogP contribution in [-0.4, -0.2) is 53.5 Å². The summed E-state index contributed by atoms with van der Waals surface area (Å²) in [5, 5.41) is 14.0. The van der Waals surface area contributed by atoms with E-state index in [-0.39, 0.29) is 4.88 Å². The minimum Gasteiger partial charge on any atom is -0.477 e. The number of aliphatic imine (C=N–C) groups is 1. The summed E-state index contributed by atoms with van der Waals surface area (Å²) < 4.78 is 6.54. The summed E-state index contributed by atoms with van der Waals surface area (Å²) in [5.41, 5.74) is 2.95. The predicted octanol–water partition coefficient (Wildman–Crippen LogP) is 7.59. The number of nitrogens with zero attached hydrogens (tertiary/aromatic N) is 3. The molecular weight excluding hydrogens is 564 g/mol. The summed E-state index contributed by atoms with van der Waals surface area (Å²) >= 11 is 4.64. The molecule has 0 saturated carbocycles. The van der Waals surface area contributed by atoms with Crippen molar-refractivity contribution in [2.75, 3.05) is 26.2 Å². The SMILES string of the molecule is C1CCNCC1.O=C(O)c1sc2nc(-c3ccco3)cc(-c3ccc(Br)cc3)c2c1N=CN1CCCCC1. The van der Waals surface area contributed by atoms with Crippen molar-refractivity contribution >= 4 is 55.5 Å². The number of fused-ring (bicyclic) bond motifs is 1. The van der Waals surface area contributed by atoms with Crippen molar-refractivity contribution in [1.29, 1.82) is 0 Å². The number of furan rings is 1. The summed E-state index contributed by atoms with van der Waals surface area (Å²) in [4.78, 5) is 24.5. The maximum Gasteiger partial charge on any atom is 0.348 e. The highest BCUT2D eigenvalue weighted by atomic mass is 79.9. The zero-order valence-corrected chi connectivity index (χ0v) is 23.6. The van der Waals surface area contributed by atoms with E-state index in [0.717, 1.165) is 58.3 Å². The van der Waals surface area contributed by atoms with Gasteiger partial charge >= 0.3 is 5.97 Å². The lowest BCUT2D eigenvalue weighted by Gasteiger charge is -2.23. The van der Waals surface area contributed by atoms with Gasteiger partial charge in [-0.05, 0) is 86.7 Å². The van der Waals surface area contributed by atoms with Gasteiger partial charge in [0.25, 0.3) is 0 Å². The second-order valence-corrected chi connectivity index (χ2v) is 11.4. The van der Waals surface area contributed by atoms with Crippen LogP contribution >= 0.6 is 27.3 Å². The van der Waals surface area contributed by atoms with Gasteiger partial charge in [-0.15, -0.1) is 11.3 Å². The molecule has 0 bridgehead atoms. The number of carboxylic acid groups (broad SMARTS) is 1. The first kappa shape index (κ1) is 26.6. The molecule has 2 saturated heterocycles. The van der Waals surface area contributed by atoms with E-state index in [1.165, 1.54) is 38.8 Å². The third-order valence-corrected chi connectivity index (χ3v) is 8.30. The normalized spacial score (nSPS) is 16.0. The molecule has 0 amide bonds. The number of rotatable bonds is 5. The number of aromatic carboxylic acids is 1. The number of halogens is 1. The first-order valence-electron chi connectivity index (χ1n) is 13.1. The van der Waals surface area contributed by atoms with Crippen LogP contribution in [0, 0.1) is 0 Å². The van der Waals surface area contributed by atoms with Crippen LogP contribution in [0.25, 0.3) is 32.8 Å². The van der Waals surface area contributed by atoms with Gasteiger partial charge in [-0.3, -0.25) is 0 Å². The number of carbonyl (C=O) groups is 1. The van der Waals surface area contributed by atoms with Crippen molar-refractivity contribution in [3.8, 4) is 22.6 Å². The fraction of sp³-hybridized carbons (Fsp3) is 0.345. The Morgan fingerprint density at radius 2 is 1.82 bits per heavy atom. The van der Waals surface area contributed by atoms with Gasteiger partial charge in [0, 0.05) is 22.9 Å². The summed E-state index contributed by atoms with van der Waals surface area (Å²) in [6.07, 6.45) is 11.1. The van der Waals surface area contributed by atoms with E-state index in [4.69, 9.17) is 14.4 Å². The average Bonchev–Trinajstić information content (AvgIpc) is 3.62. The number of hydrogen-bond acceptors (Lipinski definition) is 6. The Hall–Kier alpha value is -3.01. The van der Waals surface area contributed by atoms with E-state index in [9.17, 15) is 9.90 Å². The van der Waals surface area contributed by atoms with Gasteiger partial charge in [-0.1, -0.05) is 34.5 Å². The minimum absolute atomic E-state index is 0.190. The number of thiophene rings is 1. The second kappa shape index (κ2) is 12.7. The standard InChI is InChI=1S/C24H20BrN3O3S.C5H11N/c25-16-8-6-15(7-9-16)17-13-18(19-5-4-12-31-19)27-23-20(17)21(22(32-23)24(29)30)26-14-28-10-2-1-3-11-28;1-2-4-6-5-3-1/h4-9,12-14H,1-3,10-11H2,(H,29,30);6H,1-5H2. The maximum atomic E-state index is 12.1. The Morgan fingerprint density at radius 3 is 2.42 bits per heavy atom. The van der Waals surface area contributed by atoms with Crippen molar-refractivity contribution in [2.45, 2.75) is 38.5 Å². The average molecular weight is 596 g/mol. The molecule has 0 spiro atoms. The molecular formula is C29H31BrN4O3S. The minimum atomic E-state index is -1.000. The maximum absolute atomic E-state index is 12.1.